The van der Waals surface area contributed by atoms with Crippen molar-refractivity contribution in [2.45, 2.75) is 26.3 Å². The maximum absolute atomic E-state index is 10.9. The molecule has 8 heteroatoms. The summed E-state index contributed by atoms with van der Waals surface area (Å²) >= 11 is 0. The van der Waals surface area contributed by atoms with Crippen LogP contribution in [0.4, 0.5) is 11.5 Å². The van der Waals surface area contributed by atoms with Crippen LogP contribution in [0.2, 0.25) is 0 Å². The van der Waals surface area contributed by atoms with E-state index in [2.05, 4.69) is 4.98 Å². The van der Waals surface area contributed by atoms with Crippen molar-refractivity contribution in [3.8, 4) is 6.07 Å². The highest BCUT2D eigenvalue weighted by atomic mass is 16.6. The molecule has 0 spiro atoms. The summed E-state index contributed by atoms with van der Waals surface area (Å²) in [4.78, 5) is 26.3. The van der Waals surface area contributed by atoms with Gasteiger partial charge in [0, 0.05) is 11.6 Å². The number of pyridine rings is 1. The van der Waals surface area contributed by atoms with E-state index in [1.54, 1.807) is 20.8 Å². The first kappa shape index (κ1) is 15.4. The standard InChI is InChI=1S/C12H14N4O4/c1-12(2,3)15(7-10(17)18)11-8(5-13)4-9(6-14-11)16(19)20/h4,6H,7H2,1-3H3,(H,17,18). The molecule has 0 aliphatic carbocycles. The van der Waals surface area contributed by atoms with Crippen LogP contribution in [0.3, 0.4) is 0 Å². The number of nitrogens with zero attached hydrogens (tertiary/aromatic N) is 4. The Morgan fingerprint density at radius 1 is 1.60 bits per heavy atom. The average molecular weight is 278 g/mol. The highest BCUT2D eigenvalue weighted by Gasteiger charge is 2.28. The summed E-state index contributed by atoms with van der Waals surface area (Å²) in [5.74, 6) is -0.961. The SMILES string of the molecule is CC(C)(C)N(CC(=O)O)c1ncc([N+](=O)[O-])cc1C#N. The van der Waals surface area contributed by atoms with E-state index in [1.807, 2.05) is 6.07 Å². The van der Waals surface area contributed by atoms with E-state index in [9.17, 15) is 14.9 Å². The van der Waals surface area contributed by atoms with Crippen LogP contribution in [0.25, 0.3) is 0 Å². The molecule has 0 amide bonds. The normalized spacial score (nSPS) is 10.7. The molecular weight excluding hydrogens is 264 g/mol. The number of hydrogen-bond donors (Lipinski definition) is 1. The average Bonchev–Trinajstić information content (AvgIpc) is 2.33. The lowest BCUT2D eigenvalue weighted by Gasteiger charge is -2.35. The van der Waals surface area contributed by atoms with Crippen molar-refractivity contribution < 1.29 is 14.8 Å². The van der Waals surface area contributed by atoms with E-state index in [0.29, 0.717) is 0 Å². The van der Waals surface area contributed by atoms with Crippen LogP contribution in [0.15, 0.2) is 12.3 Å². The third-order valence-electron chi connectivity index (χ3n) is 2.54. The Balaban J connectivity index is 3.38. The lowest BCUT2D eigenvalue weighted by Crippen LogP contribution is -2.45. The summed E-state index contributed by atoms with van der Waals surface area (Å²) < 4.78 is 0. The van der Waals surface area contributed by atoms with Gasteiger partial charge in [-0.3, -0.25) is 14.9 Å². The summed E-state index contributed by atoms with van der Waals surface area (Å²) in [7, 11) is 0. The minimum atomic E-state index is -1.08. The van der Waals surface area contributed by atoms with Gasteiger partial charge in [0.15, 0.2) is 0 Å². The first-order valence-corrected chi connectivity index (χ1v) is 5.70. The van der Waals surface area contributed by atoms with Gasteiger partial charge in [0.1, 0.15) is 30.2 Å². The van der Waals surface area contributed by atoms with E-state index >= 15 is 0 Å². The van der Waals surface area contributed by atoms with Crippen molar-refractivity contribution in [2.24, 2.45) is 0 Å². The second-order valence-corrected chi connectivity index (χ2v) is 5.08. The van der Waals surface area contributed by atoms with Crippen LogP contribution in [-0.2, 0) is 4.79 Å². The van der Waals surface area contributed by atoms with Crippen molar-refractivity contribution in [3.63, 3.8) is 0 Å². The molecule has 0 bridgehead atoms. The predicted molar refractivity (Wildman–Crippen MR) is 70.3 cm³/mol. The molecule has 1 heterocycles. The van der Waals surface area contributed by atoms with E-state index in [0.717, 1.165) is 12.3 Å². The molecule has 0 radical (unpaired) electrons. The van der Waals surface area contributed by atoms with Gasteiger partial charge < -0.3 is 10.0 Å². The molecule has 0 aromatic carbocycles. The van der Waals surface area contributed by atoms with Gasteiger partial charge in [-0.2, -0.15) is 5.26 Å². The molecule has 0 fully saturated rings. The highest BCUT2D eigenvalue weighted by molar-refractivity contribution is 5.75. The predicted octanol–water partition coefficient (Wildman–Crippen LogP) is 1.55. The van der Waals surface area contributed by atoms with Crippen LogP contribution in [0.5, 0.6) is 0 Å². The zero-order valence-electron chi connectivity index (χ0n) is 11.3. The molecule has 20 heavy (non-hydrogen) atoms. The lowest BCUT2D eigenvalue weighted by atomic mass is 10.0. The van der Waals surface area contributed by atoms with Crippen molar-refractivity contribution in [1.82, 2.24) is 4.98 Å². The Bertz CT molecular complexity index is 586. The van der Waals surface area contributed by atoms with Crippen LogP contribution in [-0.4, -0.2) is 33.1 Å². The van der Waals surface area contributed by atoms with Gasteiger partial charge in [0.2, 0.25) is 0 Å². The Hall–Kier alpha value is -2.69. The van der Waals surface area contributed by atoms with Gasteiger partial charge in [-0.1, -0.05) is 0 Å². The minimum absolute atomic E-state index is 0.0321. The monoisotopic (exact) mass is 278 g/mol. The van der Waals surface area contributed by atoms with Crippen molar-refractivity contribution in [3.05, 3.63) is 27.9 Å². The molecule has 1 N–H and O–H groups in total. The van der Waals surface area contributed by atoms with Gasteiger partial charge in [-0.05, 0) is 20.8 Å². The lowest BCUT2D eigenvalue weighted by molar-refractivity contribution is -0.385. The molecule has 1 aromatic heterocycles. The molecule has 106 valence electrons. The second-order valence-electron chi connectivity index (χ2n) is 5.08. The van der Waals surface area contributed by atoms with E-state index in [-0.39, 0.29) is 23.6 Å². The number of aromatic nitrogens is 1. The minimum Gasteiger partial charge on any atom is -0.480 e. The fraction of sp³-hybridized carbons (Fsp3) is 0.417. The Labute approximate surface area is 115 Å². The van der Waals surface area contributed by atoms with Crippen molar-refractivity contribution in [1.29, 1.82) is 5.26 Å². The molecule has 0 saturated heterocycles. The quantitative estimate of drug-likeness (QED) is 0.655. The van der Waals surface area contributed by atoms with Crippen LogP contribution in [0.1, 0.15) is 26.3 Å². The summed E-state index contributed by atoms with van der Waals surface area (Å²) in [6, 6.07) is 2.90. The van der Waals surface area contributed by atoms with Crippen molar-refractivity contribution in [2.75, 3.05) is 11.4 Å². The number of carbonyl (C=O) groups is 1. The van der Waals surface area contributed by atoms with Gasteiger partial charge in [-0.15, -0.1) is 0 Å². The third kappa shape index (κ3) is 3.41. The first-order chi connectivity index (χ1) is 9.16. The number of aliphatic carboxylic acids is 1. The number of hydrogen-bond acceptors (Lipinski definition) is 6. The van der Waals surface area contributed by atoms with Gasteiger partial charge in [0.05, 0.1) is 4.92 Å². The summed E-state index contributed by atoms with van der Waals surface area (Å²) in [6.07, 6.45) is 1.01. The maximum Gasteiger partial charge on any atom is 0.323 e. The molecule has 8 nitrogen and oxygen atoms in total. The zero-order valence-corrected chi connectivity index (χ0v) is 11.3. The van der Waals surface area contributed by atoms with Crippen LogP contribution in [0, 0.1) is 21.4 Å². The molecule has 0 saturated carbocycles. The van der Waals surface area contributed by atoms with Crippen LogP contribution < -0.4 is 4.90 Å². The second kappa shape index (κ2) is 5.52. The molecule has 1 rings (SSSR count). The van der Waals surface area contributed by atoms with Gasteiger partial charge in [-0.25, -0.2) is 4.98 Å². The van der Waals surface area contributed by atoms with Crippen LogP contribution >= 0.6 is 0 Å². The largest absolute Gasteiger partial charge is 0.480 e. The molecule has 1 aromatic rings. The number of rotatable bonds is 4. The molecular formula is C12H14N4O4. The number of nitro groups is 1. The first-order valence-electron chi connectivity index (χ1n) is 5.70. The fourth-order valence-corrected chi connectivity index (χ4v) is 1.61. The molecule has 0 atom stereocenters. The molecule has 0 unspecified atom stereocenters. The zero-order chi connectivity index (χ0) is 15.5. The van der Waals surface area contributed by atoms with E-state index < -0.39 is 16.4 Å². The number of carboxylic acids is 1. The number of carboxylic acid groups (broad SMARTS) is 1. The Morgan fingerprint density at radius 3 is 2.60 bits per heavy atom. The fourth-order valence-electron chi connectivity index (χ4n) is 1.61. The Morgan fingerprint density at radius 2 is 2.20 bits per heavy atom. The molecule has 0 aliphatic rings. The summed E-state index contributed by atoms with van der Waals surface area (Å²) in [5, 5.41) is 28.7. The van der Waals surface area contributed by atoms with Gasteiger partial charge in [0.25, 0.3) is 5.69 Å². The van der Waals surface area contributed by atoms with E-state index in [4.69, 9.17) is 10.4 Å². The summed E-state index contributed by atoms with van der Waals surface area (Å²) in [6.45, 7) is 4.93. The smallest absolute Gasteiger partial charge is 0.323 e. The number of nitriles is 1. The third-order valence-corrected chi connectivity index (χ3v) is 2.54. The number of anilines is 1. The van der Waals surface area contributed by atoms with Crippen molar-refractivity contribution >= 4 is 17.5 Å². The Kier molecular flexibility index (Phi) is 4.24. The topological polar surface area (TPSA) is 120 Å². The maximum atomic E-state index is 10.9. The summed E-state index contributed by atoms with van der Waals surface area (Å²) in [5.41, 5.74) is -0.947. The molecule has 0 aliphatic heterocycles. The van der Waals surface area contributed by atoms with Gasteiger partial charge >= 0.3 is 5.97 Å². The van der Waals surface area contributed by atoms with E-state index in [1.165, 1.54) is 4.90 Å². The highest BCUT2D eigenvalue weighted by Crippen LogP contribution is 2.27.